The topological polar surface area (TPSA) is 12.0 Å². The number of nitrogens with one attached hydrogen (secondary N) is 1. The lowest BCUT2D eigenvalue weighted by molar-refractivity contribution is 1.03. The Morgan fingerprint density at radius 1 is 1.75 bits per heavy atom. The molecule has 0 aromatic rings. The lowest BCUT2D eigenvalue weighted by Crippen LogP contribution is -1.98. The molecule has 0 saturated heterocycles. The predicted octanol–water partition coefficient (Wildman–Crippen LogP) is 2.03. The Morgan fingerprint density at radius 3 is 2.75 bits per heavy atom. The summed E-state index contributed by atoms with van der Waals surface area (Å²) in [5.41, 5.74) is 1.17. The van der Waals surface area contributed by atoms with E-state index in [4.69, 9.17) is 0 Å². The van der Waals surface area contributed by atoms with Crippen molar-refractivity contribution in [3.05, 3.63) is 24.6 Å². The first kappa shape index (κ1) is 7.28. The maximum atomic E-state index is 3.53. The monoisotopic (exact) mass is 111 g/mol. The first-order chi connectivity index (χ1) is 3.81. The molecule has 0 unspecified atom stereocenters. The largest absolute Gasteiger partial charge is 0.366 e. The van der Waals surface area contributed by atoms with Crippen LogP contribution in [0, 0.1) is 0 Å². The molecule has 0 amide bonds. The van der Waals surface area contributed by atoms with Crippen LogP contribution in [0.5, 0.6) is 0 Å². The van der Waals surface area contributed by atoms with Crippen molar-refractivity contribution >= 4 is 0 Å². The van der Waals surface area contributed by atoms with Gasteiger partial charge in [-0.25, -0.2) is 0 Å². The van der Waals surface area contributed by atoms with Crippen LogP contribution in [0.15, 0.2) is 24.6 Å². The van der Waals surface area contributed by atoms with Crippen molar-refractivity contribution in [2.24, 2.45) is 0 Å². The second-order valence-electron chi connectivity index (χ2n) is 1.64. The molecule has 0 aromatic heterocycles. The van der Waals surface area contributed by atoms with Gasteiger partial charge in [-0.15, -0.1) is 0 Å². The second-order valence-corrected chi connectivity index (χ2v) is 1.64. The Balaban J connectivity index is 3.44. The van der Waals surface area contributed by atoms with Crippen molar-refractivity contribution in [2.75, 3.05) is 0 Å². The van der Waals surface area contributed by atoms with Gasteiger partial charge in [-0.1, -0.05) is 19.6 Å². The molecule has 0 bridgehead atoms. The molecule has 1 heteroatoms. The fraction of sp³-hybridized carbons (Fsp3) is 0.429. The molecular weight excluding hydrogens is 98.1 g/mol. The minimum atomic E-state index is 1.08. The molecule has 46 valence electrons. The van der Waals surface area contributed by atoms with Gasteiger partial charge in [0.25, 0.3) is 0 Å². The smallest absolute Gasteiger partial charge is 0.00739 e. The zero-order valence-electron chi connectivity index (χ0n) is 5.57. The fourth-order valence-corrected chi connectivity index (χ4v) is 0.526. The SMILES string of the molecule is C=CN/C(C)=C\CC. The summed E-state index contributed by atoms with van der Waals surface area (Å²) in [4.78, 5) is 0. The molecule has 0 radical (unpaired) electrons. The molecule has 1 nitrogen and oxygen atoms in total. The molecule has 0 atom stereocenters. The highest BCUT2D eigenvalue weighted by molar-refractivity contribution is 4.97. The van der Waals surface area contributed by atoms with Crippen molar-refractivity contribution in [3.63, 3.8) is 0 Å². The number of hydrogen-bond donors (Lipinski definition) is 1. The van der Waals surface area contributed by atoms with E-state index < -0.39 is 0 Å². The van der Waals surface area contributed by atoms with Gasteiger partial charge in [-0.2, -0.15) is 0 Å². The third-order valence-electron chi connectivity index (χ3n) is 0.840. The minimum absolute atomic E-state index is 1.08. The molecule has 8 heavy (non-hydrogen) atoms. The highest BCUT2D eigenvalue weighted by Crippen LogP contribution is 1.87. The van der Waals surface area contributed by atoms with Crippen LogP contribution in [0.4, 0.5) is 0 Å². The van der Waals surface area contributed by atoms with Gasteiger partial charge in [-0.3, -0.25) is 0 Å². The van der Waals surface area contributed by atoms with Crippen LogP contribution in [0.1, 0.15) is 20.3 Å². The second kappa shape index (κ2) is 4.44. The van der Waals surface area contributed by atoms with Crippen LogP contribution in [0.25, 0.3) is 0 Å². The van der Waals surface area contributed by atoms with Crippen LogP contribution in [-0.4, -0.2) is 0 Å². The van der Waals surface area contributed by atoms with Crippen molar-refractivity contribution in [3.8, 4) is 0 Å². The van der Waals surface area contributed by atoms with Gasteiger partial charge >= 0.3 is 0 Å². The Morgan fingerprint density at radius 2 is 2.38 bits per heavy atom. The van der Waals surface area contributed by atoms with E-state index in [-0.39, 0.29) is 0 Å². The van der Waals surface area contributed by atoms with Gasteiger partial charge < -0.3 is 5.32 Å². The molecule has 0 saturated carbocycles. The van der Waals surface area contributed by atoms with Crippen molar-refractivity contribution in [1.29, 1.82) is 0 Å². The molecule has 0 aliphatic heterocycles. The standard InChI is InChI=1S/C7H13N/c1-4-6-7(3)8-5-2/h5-6,8H,2,4H2,1,3H3/b7-6-. The van der Waals surface area contributed by atoms with E-state index in [9.17, 15) is 0 Å². The maximum Gasteiger partial charge on any atom is 0.00739 e. The minimum Gasteiger partial charge on any atom is -0.366 e. The summed E-state index contributed by atoms with van der Waals surface area (Å²) in [5, 5.41) is 2.97. The van der Waals surface area contributed by atoms with E-state index in [1.807, 2.05) is 6.92 Å². The Bertz CT molecular complexity index is 92.6. The molecule has 0 fully saturated rings. The molecule has 0 heterocycles. The van der Waals surface area contributed by atoms with E-state index in [2.05, 4.69) is 24.9 Å². The predicted molar refractivity (Wildman–Crippen MR) is 37.4 cm³/mol. The van der Waals surface area contributed by atoms with Gasteiger partial charge in [0.15, 0.2) is 0 Å². The van der Waals surface area contributed by atoms with E-state index >= 15 is 0 Å². The van der Waals surface area contributed by atoms with E-state index in [0.717, 1.165) is 6.42 Å². The zero-order valence-corrected chi connectivity index (χ0v) is 5.57. The molecular formula is C7H13N. The van der Waals surface area contributed by atoms with Crippen molar-refractivity contribution in [2.45, 2.75) is 20.3 Å². The summed E-state index contributed by atoms with van der Waals surface area (Å²) in [6.07, 6.45) is 4.87. The van der Waals surface area contributed by atoms with E-state index in [0.29, 0.717) is 0 Å². The summed E-state index contributed by atoms with van der Waals surface area (Å²) in [5.74, 6) is 0. The third kappa shape index (κ3) is 3.47. The summed E-state index contributed by atoms with van der Waals surface area (Å²) in [6, 6.07) is 0. The molecule has 0 aliphatic rings. The Kier molecular flexibility index (Phi) is 4.04. The maximum absolute atomic E-state index is 3.53. The quantitative estimate of drug-likeness (QED) is 0.587. The van der Waals surface area contributed by atoms with E-state index in [1.165, 1.54) is 5.70 Å². The molecule has 0 rings (SSSR count). The lowest BCUT2D eigenvalue weighted by Gasteiger charge is -1.95. The molecule has 1 N–H and O–H groups in total. The Labute approximate surface area is 51.1 Å². The molecule has 0 aliphatic carbocycles. The van der Waals surface area contributed by atoms with Gasteiger partial charge in [0.2, 0.25) is 0 Å². The summed E-state index contributed by atoms with van der Waals surface area (Å²) in [7, 11) is 0. The zero-order chi connectivity index (χ0) is 6.41. The number of allylic oxidation sites excluding steroid dienone is 2. The average molecular weight is 111 g/mol. The van der Waals surface area contributed by atoms with Gasteiger partial charge in [-0.05, 0) is 19.5 Å². The highest BCUT2D eigenvalue weighted by Gasteiger charge is 1.76. The van der Waals surface area contributed by atoms with Crippen LogP contribution >= 0.6 is 0 Å². The van der Waals surface area contributed by atoms with E-state index in [1.54, 1.807) is 6.20 Å². The van der Waals surface area contributed by atoms with Crippen molar-refractivity contribution < 1.29 is 0 Å². The summed E-state index contributed by atoms with van der Waals surface area (Å²) in [6.45, 7) is 7.66. The van der Waals surface area contributed by atoms with Crippen LogP contribution in [0.2, 0.25) is 0 Å². The first-order valence-electron chi connectivity index (χ1n) is 2.85. The third-order valence-corrected chi connectivity index (χ3v) is 0.840. The number of hydrogen-bond acceptors (Lipinski definition) is 1. The first-order valence-corrected chi connectivity index (χ1v) is 2.85. The lowest BCUT2D eigenvalue weighted by atomic mass is 10.4. The molecule has 0 spiro atoms. The normalized spacial score (nSPS) is 11.0. The van der Waals surface area contributed by atoms with Crippen LogP contribution in [-0.2, 0) is 0 Å². The van der Waals surface area contributed by atoms with Crippen LogP contribution < -0.4 is 5.32 Å². The van der Waals surface area contributed by atoms with Crippen LogP contribution in [0.3, 0.4) is 0 Å². The summed E-state index contributed by atoms with van der Waals surface area (Å²) >= 11 is 0. The highest BCUT2D eigenvalue weighted by atomic mass is 14.8. The average Bonchev–Trinajstić information content (AvgIpc) is 1.68. The summed E-state index contributed by atoms with van der Waals surface area (Å²) < 4.78 is 0. The van der Waals surface area contributed by atoms with Gasteiger partial charge in [0.05, 0.1) is 0 Å². The van der Waals surface area contributed by atoms with Gasteiger partial charge in [0, 0.05) is 5.70 Å². The molecule has 0 aromatic carbocycles. The Hall–Kier alpha value is -0.720. The fourth-order valence-electron chi connectivity index (χ4n) is 0.526. The van der Waals surface area contributed by atoms with Gasteiger partial charge in [0.1, 0.15) is 0 Å². The van der Waals surface area contributed by atoms with Crippen molar-refractivity contribution in [1.82, 2.24) is 5.32 Å². The number of rotatable bonds is 3.